The maximum atomic E-state index is 6.69. The lowest BCUT2D eigenvalue weighted by molar-refractivity contribution is 0.633. The Morgan fingerprint density at radius 3 is 1.57 bits per heavy atom. The van der Waals surface area contributed by atoms with Gasteiger partial charge in [0.15, 0.2) is 0 Å². The van der Waals surface area contributed by atoms with E-state index >= 15 is 0 Å². The molecule has 0 amide bonds. The van der Waals surface area contributed by atoms with Gasteiger partial charge >= 0.3 is 0 Å². The predicted molar refractivity (Wildman–Crippen MR) is 184 cm³/mol. The molecule has 0 saturated heterocycles. The number of benzene rings is 8. The lowest BCUT2D eigenvalue weighted by Gasteiger charge is -2.18. The van der Waals surface area contributed by atoms with Crippen molar-refractivity contribution >= 4 is 76.0 Å². The second-order valence-corrected chi connectivity index (χ2v) is 11.6. The average molecular weight is 561 g/mol. The molecule has 0 N–H and O–H groups in total. The molecule has 8 aromatic carbocycles. The van der Waals surface area contributed by atoms with Crippen LogP contribution in [0.4, 0.5) is 0 Å². The van der Waals surface area contributed by atoms with Crippen LogP contribution in [0.5, 0.6) is 0 Å². The summed E-state index contributed by atoms with van der Waals surface area (Å²) in [6.07, 6.45) is 0. The first-order chi connectivity index (χ1) is 21.8. The van der Waals surface area contributed by atoms with Gasteiger partial charge in [-0.3, -0.25) is 0 Å². The smallest absolute Gasteiger partial charge is 0.136 e. The summed E-state index contributed by atoms with van der Waals surface area (Å²) < 4.78 is 13.2. The molecule has 0 spiro atoms. The van der Waals surface area contributed by atoms with Crippen LogP contribution in [0.25, 0.3) is 98.4 Å². The van der Waals surface area contributed by atoms with Crippen LogP contribution in [0, 0.1) is 0 Å². The highest BCUT2D eigenvalue weighted by atomic mass is 16.3. The lowest BCUT2D eigenvalue weighted by atomic mass is 9.84. The molecule has 10 aromatic rings. The van der Waals surface area contributed by atoms with Crippen LogP contribution in [0.1, 0.15) is 0 Å². The summed E-state index contributed by atoms with van der Waals surface area (Å²) in [4.78, 5) is 0. The van der Waals surface area contributed by atoms with E-state index < -0.39 is 0 Å². The third-order valence-corrected chi connectivity index (χ3v) is 9.24. The Kier molecular flexibility index (Phi) is 4.75. The minimum atomic E-state index is 0.882. The van der Waals surface area contributed by atoms with Crippen molar-refractivity contribution in [3.63, 3.8) is 0 Å². The van der Waals surface area contributed by atoms with Crippen molar-refractivity contribution in [1.29, 1.82) is 0 Å². The molecule has 0 bridgehead atoms. The molecular formula is C42H24O2. The van der Waals surface area contributed by atoms with Crippen molar-refractivity contribution in [3.8, 4) is 22.5 Å². The first-order valence-electron chi connectivity index (χ1n) is 15.0. The van der Waals surface area contributed by atoms with E-state index in [1.165, 1.54) is 48.8 Å². The van der Waals surface area contributed by atoms with Gasteiger partial charge < -0.3 is 8.83 Å². The van der Waals surface area contributed by atoms with Crippen LogP contribution < -0.4 is 0 Å². The maximum Gasteiger partial charge on any atom is 0.136 e. The van der Waals surface area contributed by atoms with Gasteiger partial charge in [-0.15, -0.1) is 0 Å². The van der Waals surface area contributed by atoms with Crippen molar-refractivity contribution in [2.24, 2.45) is 0 Å². The fourth-order valence-corrected chi connectivity index (χ4v) is 7.39. The zero-order valence-electron chi connectivity index (χ0n) is 23.7. The molecule has 0 atom stereocenters. The van der Waals surface area contributed by atoms with Crippen molar-refractivity contribution in [2.75, 3.05) is 0 Å². The number of hydrogen-bond acceptors (Lipinski definition) is 2. The molecule has 0 fully saturated rings. The highest BCUT2D eigenvalue weighted by Gasteiger charge is 2.23. The second-order valence-electron chi connectivity index (χ2n) is 11.6. The SMILES string of the molecule is c1ccc2c(-c3c4ccccc4c(-c4cc5c(ccc6ccccc65)o4)c4ccccc34)c3c(cc2c1)oc1ccccc13. The molecule has 2 nitrogen and oxygen atoms in total. The van der Waals surface area contributed by atoms with Gasteiger partial charge in [0, 0.05) is 27.3 Å². The monoisotopic (exact) mass is 560 g/mol. The number of fused-ring (bicyclic) bond motifs is 9. The molecule has 0 unspecified atom stereocenters. The molecular weight excluding hydrogens is 536 g/mol. The summed E-state index contributed by atoms with van der Waals surface area (Å²) >= 11 is 0. The van der Waals surface area contributed by atoms with Crippen molar-refractivity contribution in [1.82, 2.24) is 0 Å². The third kappa shape index (κ3) is 3.20. The fraction of sp³-hybridized carbons (Fsp3) is 0. The molecule has 44 heavy (non-hydrogen) atoms. The van der Waals surface area contributed by atoms with Crippen molar-refractivity contribution in [2.45, 2.75) is 0 Å². The van der Waals surface area contributed by atoms with Gasteiger partial charge in [0.05, 0.1) is 0 Å². The van der Waals surface area contributed by atoms with E-state index in [4.69, 9.17) is 8.83 Å². The first kappa shape index (κ1) is 23.7. The normalized spacial score (nSPS) is 12.1. The van der Waals surface area contributed by atoms with Crippen LogP contribution in [0.2, 0.25) is 0 Å². The molecule has 0 saturated carbocycles. The van der Waals surface area contributed by atoms with E-state index in [0.29, 0.717) is 0 Å². The number of rotatable bonds is 2. The van der Waals surface area contributed by atoms with Gasteiger partial charge in [-0.25, -0.2) is 0 Å². The van der Waals surface area contributed by atoms with Crippen LogP contribution in [-0.2, 0) is 0 Å². The predicted octanol–water partition coefficient (Wildman–Crippen LogP) is 12.3. The lowest BCUT2D eigenvalue weighted by Crippen LogP contribution is -1.92. The Morgan fingerprint density at radius 2 is 0.841 bits per heavy atom. The molecule has 2 aromatic heterocycles. The Bertz CT molecular complexity index is 2720. The van der Waals surface area contributed by atoms with Gasteiger partial charge in [-0.2, -0.15) is 0 Å². The van der Waals surface area contributed by atoms with Crippen LogP contribution in [0.15, 0.2) is 154 Å². The summed E-state index contributed by atoms with van der Waals surface area (Å²) in [7, 11) is 0. The molecule has 0 radical (unpaired) electrons. The van der Waals surface area contributed by atoms with Gasteiger partial charge in [0.1, 0.15) is 22.5 Å². The van der Waals surface area contributed by atoms with Gasteiger partial charge in [-0.1, -0.05) is 121 Å². The van der Waals surface area contributed by atoms with E-state index in [-0.39, 0.29) is 0 Å². The molecule has 204 valence electrons. The third-order valence-electron chi connectivity index (χ3n) is 9.24. The molecule has 2 heteroatoms. The highest BCUT2D eigenvalue weighted by molar-refractivity contribution is 6.30. The number of furan rings is 2. The van der Waals surface area contributed by atoms with Gasteiger partial charge in [0.2, 0.25) is 0 Å². The van der Waals surface area contributed by atoms with Gasteiger partial charge in [0.25, 0.3) is 0 Å². The minimum Gasteiger partial charge on any atom is -0.456 e. The van der Waals surface area contributed by atoms with Gasteiger partial charge in [-0.05, 0) is 72.9 Å². The largest absolute Gasteiger partial charge is 0.456 e. The van der Waals surface area contributed by atoms with E-state index in [1.807, 2.05) is 6.07 Å². The Labute approximate surface area is 252 Å². The summed E-state index contributed by atoms with van der Waals surface area (Å²) in [6, 6.07) is 51.8. The average Bonchev–Trinajstić information content (AvgIpc) is 3.68. The molecule has 10 rings (SSSR count). The van der Waals surface area contributed by atoms with E-state index in [2.05, 4.69) is 140 Å². The quantitative estimate of drug-likeness (QED) is 0.197. The topological polar surface area (TPSA) is 26.3 Å². The van der Waals surface area contributed by atoms with Crippen molar-refractivity contribution < 1.29 is 8.83 Å². The van der Waals surface area contributed by atoms with E-state index in [9.17, 15) is 0 Å². The fourth-order valence-electron chi connectivity index (χ4n) is 7.39. The highest BCUT2D eigenvalue weighted by Crippen LogP contribution is 2.50. The van der Waals surface area contributed by atoms with Crippen LogP contribution >= 0.6 is 0 Å². The minimum absolute atomic E-state index is 0.882. The zero-order valence-corrected chi connectivity index (χ0v) is 23.7. The first-order valence-corrected chi connectivity index (χ1v) is 15.0. The van der Waals surface area contributed by atoms with Crippen LogP contribution in [-0.4, -0.2) is 0 Å². The summed E-state index contributed by atoms with van der Waals surface area (Å²) in [5, 5.41) is 12.9. The zero-order chi connectivity index (χ0) is 28.8. The number of para-hydroxylation sites is 1. The molecule has 0 aliphatic heterocycles. The van der Waals surface area contributed by atoms with E-state index in [1.54, 1.807) is 0 Å². The molecule has 2 heterocycles. The summed E-state index contributed by atoms with van der Waals surface area (Å²) in [5.41, 5.74) is 6.25. The summed E-state index contributed by atoms with van der Waals surface area (Å²) in [5.74, 6) is 0.882. The second kappa shape index (κ2) is 8.82. The van der Waals surface area contributed by atoms with Crippen molar-refractivity contribution in [3.05, 3.63) is 146 Å². The summed E-state index contributed by atoms with van der Waals surface area (Å²) in [6.45, 7) is 0. The molecule has 0 aliphatic carbocycles. The Balaban J connectivity index is 1.40. The standard InChI is InChI=1S/C42H24O2/c1-3-13-27-25(11-1)21-22-36-34(27)24-38(44-36)39-29-15-5-7-17-31(29)40(32-18-8-6-16-30(32)39)42-28-14-4-2-12-26(28)23-37-41(42)33-19-9-10-20-35(33)43-37/h1-24H. The molecule has 0 aliphatic rings. The maximum absolute atomic E-state index is 6.69. The Hall–Kier alpha value is -5.86. The Morgan fingerprint density at radius 1 is 0.295 bits per heavy atom. The van der Waals surface area contributed by atoms with Crippen LogP contribution in [0.3, 0.4) is 0 Å². The number of hydrogen-bond donors (Lipinski definition) is 0. The van der Waals surface area contributed by atoms with E-state index in [0.717, 1.165) is 49.6 Å².